The van der Waals surface area contributed by atoms with Gasteiger partial charge in [-0.3, -0.25) is 4.79 Å². The van der Waals surface area contributed by atoms with E-state index < -0.39 is 0 Å². The molecular formula is C14H22N2O. The number of hydrogen-bond donors (Lipinski definition) is 2. The van der Waals surface area contributed by atoms with Gasteiger partial charge in [-0.2, -0.15) is 0 Å². The second-order valence-electron chi connectivity index (χ2n) is 4.44. The Morgan fingerprint density at radius 1 is 1.29 bits per heavy atom. The maximum absolute atomic E-state index is 10.5. The van der Waals surface area contributed by atoms with Crippen molar-refractivity contribution in [3.05, 3.63) is 35.9 Å². The minimum atomic E-state index is -0.206. The number of rotatable bonds is 8. The average Bonchev–Trinajstić information content (AvgIpc) is 2.34. The first-order valence-corrected chi connectivity index (χ1v) is 6.24. The molecule has 3 N–H and O–H groups in total. The Kier molecular flexibility index (Phi) is 6.33. The predicted molar refractivity (Wildman–Crippen MR) is 70.8 cm³/mol. The van der Waals surface area contributed by atoms with Gasteiger partial charge in [0.1, 0.15) is 0 Å². The van der Waals surface area contributed by atoms with Crippen molar-refractivity contribution in [3.63, 3.8) is 0 Å². The van der Waals surface area contributed by atoms with Gasteiger partial charge in [-0.05, 0) is 30.9 Å². The van der Waals surface area contributed by atoms with Crippen LogP contribution in [0.1, 0.15) is 37.7 Å². The average molecular weight is 234 g/mol. The molecule has 17 heavy (non-hydrogen) atoms. The Morgan fingerprint density at radius 3 is 2.65 bits per heavy atom. The normalized spacial score (nSPS) is 12.3. The lowest BCUT2D eigenvalue weighted by Crippen LogP contribution is -2.21. The minimum absolute atomic E-state index is 0.206. The monoisotopic (exact) mass is 234 g/mol. The highest BCUT2D eigenvalue weighted by Crippen LogP contribution is 2.12. The molecule has 1 atom stereocenters. The second kappa shape index (κ2) is 7.85. The summed E-state index contributed by atoms with van der Waals surface area (Å²) in [5, 5.41) is 3.41. The lowest BCUT2D eigenvalue weighted by Gasteiger charge is -2.12. The van der Waals surface area contributed by atoms with Gasteiger partial charge < -0.3 is 11.1 Å². The van der Waals surface area contributed by atoms with Crippen LogP contribution in [0.3, 0.4) is 0 Å². The van der Waals surface area contributed by atoms with Crippen LogP contribution in [0.25, 0.3) is 0 Å². The zero-order chi connectivity index (χ0) is 12.5. The van der Waals surface area contributed by atoms with Crippen LogP contribution in [-0.2, 0) is 4.79 Å². The molecule has 0 saturated heterocycles. The minimum Gasteiger partial charge on any atom is -0.370 e. The SMILES string of the molecule is CC(CNCCCCC(N)=O)c1ccccc1. The molecule has 0 heterocycles. The van der Waals surface area contributed by atoms with E-state index in [1.165, 1.54) is 5.56 Å². The van der Waals surface area contributed by atoms with E-state index in [-0.39, 0.29) is 5.91 Å². The van der Waals surface area contributed by atoms with Crippen molar-refractivity contribution < 1.29 is 4.79 Å². The fraction of sp³-hybridized carbons (Fsp3) is 0.500. The van der Waals surface area contributed by atoms with Crippen LogP contribution >= 0.6 is 0 Å². The van der Waals surface area contributed by atoms with E-state index in [0.29, 0.717) is 12.3 Å². The van der Waals surface area contributed by atoms with Gasteiger partial charge in [0, 0.05) is 13.0 Å². The van der Waals surface area contributed by atoms with Crippen molar-refractivity contribution in [2.75, 3.05) is 13.1 Å². The lowest BCUT2D eigenvalue weighted by atomic mass is 10.0. The summed E-state index contributed by atoms with van der Waals surface area (Å²) in [6.07, 6.45) is 2.38. The van der Waals surface area contributed by atoms with E-state index in [9.17, 15) is 4.79 Å². The van der Waals surface area contributed by atoms with Gasteiger partial charge in [0.05, 0.1) is 0 Å². The van der Waals surface area contributed by atoms with Gasteiger partial charge in [-0.25, -0.2) is 0 Å². The second-order valence-corrected chi connectivity index (χ2v) is 4.44. The van der Waals surface area contributed by atoms with Crippen molar-refractivity contribution in [1.29, 1.82) is 0 Å². The fourth-order valence-corrected chi connectivity index (χ4v) is 1.77. The van der Waals surface area contributed by atoms with Gasteiger partial charge in [0.15, 0.2) is 0 Å². The zero-order valence-electron chi connectivity index (χ0n) is 10.5. The quantitative estimate of drug-likeness (QED) is 0.676. The summed E-state index contributed by atoms with van der Waals surface area (Å²) in [4.78, 5) is 10.5. The van der Waals surface area contributed by atoms with Crippen molar-refractivity contribution in [2.45, 2.75) is 32.1 Å². The summed E-state index contributed by atoms with van der Waals surface area (Å²) >= 11 is 0. The number of nitrogens with two attached hydrogens (primary N) is 1. The first kappa shape index (κ1) is 13.7. The van der Waals surface area contributed by atoms with Gasteiger partial charge in [0.2, 0.25) is 5.91 Å². The van der Waals surface area contributed by atoms with E-state index in [4.69, 9.17) is 5.73 Å². The molecule has 0 fully saturated rings. The molecule has 0 bridgehead atoms. The number of amides is 1. The van der Waals surface area contributed by atoms with E-state index in [0.717, 1.165) is 25.9 Å². The molecule has 1 unspecified atom stereocenters. The van der Waals surface area contributed by atoms with Gasteiger partial charge in [0.25, 0.3) is 0 Å². The van der Waals surface area contributed by atoms with E-state index in [1.807, 2.05) is 6.07 Å². The van der Waals surface area contributed by atoms with Crippen molar-refractivity contribution >= 4 is 5.91 Å². The zero-order valence-corrected chi connectivity index (χ0v) is 10.5. The summed E-state index contributed by atoms with van der Waals surface area (Å²) in [5.74, 6) is 0.315. The molecule has 1 aromatic rings. The lowest BCUT2D eigenvalue weighted by molar-refractivity contribution is -0.118. The van der Waals surface area contributed by atoms with E-state index >= 15 is 0 Å². The third-order valence-electron chi connectivity index (χ3n) is 2.85. The molecule has 1 aromatic carbocycles. The van der Waals surface area contributed by atoms with Gasteiger partial charge >= 0.3 is 0 Å². The smallest absolute Gasteiger partial charge is 0.217 e. The van der Waals surface area contributed by atoms with Crippen LogP contribution in [-0.4, -0.2) is 19.0 Å². The number of carbonyl (C=O) groups excluding carboxylic acids is 1. The highest BCUT2D eigenvalue weighted by Gasteiger charge is 2.03. The molecule has 0 radical (unpaired) electrons. The number of nitrogens with one attached hydrogen (secondary N) is 1. The molecule has 0 aromatic heterocycles. The van der Waals surface area contributed by atoms with Crippen LogP contribution < -0.4 is 11.1 Å². The van der Waals surface area contributed by atoms with Crippen molar-refractivity contribution in [3.8, 4) is 0 Å². The topological polar surface area (TPSA) is 55.1 Å². The molecule has 94 valence electrons. The molecule has 0 spiro atoms. The summed E-state index contributed by atoms with van der Waals surface area (Å²) in [7, 11) is 0. The summed E-state index contributed by atoms with van der Waals surface area (Å²) in [5.41, 5.74) is 6.43. The maximum atomic E-state index is 10.5. The van der Waals surface area contributed by atoms with Crippen molar-refractivity contribution in [2.24, 2.45) is 5.73 Å². The predicted octanol–water partition coefficient (Wildman–Crippen LogP) is 2.04. The van der Waals surface area contributed by atoms with Crippen LogP contribution in [0.5, 0.6) is 0 Å². The van der Waals surface area contributed by atoms with Crippen LogP contribution in [0.4, 0.5) is 0 Å². The number of hydrogen-bond acceptors (Lipinski definition) is 2. The van der Waals surface area contributed by atoms with Crippen LogP contribution in [0.2, 0.25) is 0 Å². The molecule has 0 aliphatic heterocycles. The molecule has 0 aliphatic carbocycles. The Hall–Kier alpha value is -1.35. The van der Waals surface area contributed by atoms with Crippen molar-refractivity contribution in [1.82, 2.24) is 5.32 Å². The Bertz CT molecular complexity index is 324. The number of benzene rings is 1. The summed E-state index contributed by atoms with van der Waals surface area (Å²) in [6.45, 7) is 4.14. The first-order chi connectivity index (χ1) is 8.20. The maximum Gasteiger partial charge on any atom is 0.217 e. The molecule has 3 nitrogen and oxygen atoms in total. The van der Waals surface area contributed by atoms with E-state index in [1.54, 1.807) is 0 Å². The van der Waals surface area contributed by atoms with E-state index in [2.05, 4.69) is 36.5 Å². The highest BCUT2D eigenvalue weighted by molar-refractivity contribution is 5.73. The Balaban J connectivity index is 2.09. The Labute approximate surface area is 103 Å². The number of unbranched alkanes of at least 4 members (excludes halogenated alkanes) is 1. The number of carbonyl (C=O) groups is 1. The standard InChI is InChI=1S/C14H22N2O/c1-12(13-7-3-2-4-8-13)11-16-10-6-5-9-14(15)17/h2-4,7-8,12,16H,5-6,9-11H2,1H3,(H2,15,17). The molecule has 0 aliphatic rings. The Morgan fingerprint density at radius 2 is 2.00 bits per heavy atom. The number of primary amides is 1. The summed E-state index contributed by atoms with van der Waals surface area (Å²) in [6, 6.07) is 10.5. The van der Waals surface area contributed by atoms with Crippen LogP contribution in [0, 0.1) is 0 Å². The molecule has 0 saturated carbocycles. The molecule has 1 amide bonds. The van der Waals surface area contributed by atoms with Crippen LogP contribution in [0.15, 0.2) is 30.3 Å². The molecule has 3 heteroatoms. The third kappa shape index (κ3) is 6.07. The first-order valence-electron chi connectivity index (χ1n) is 6.24. The largest absolute Gasteiger partial charge is 0.370 e. The summed E-state index contributed by atoms with van der Waals surface area (Å²) < 4.78 is 0. The third-order valence-corrected chi connectivity index (χ3v) is 2.85. The van der Waals surface area contributed by atoms with Gasteiger partial charge in [-0.1, -0.05) is 37.3 Å². The van der Waals surface area contributed by atoms with Gasteiger partial charge in [-0.15, -0.1) is 0 Å². The molecule has 1 rings (SSSR count). The fourth-order valence-electron chi connectivity index (χ4n) is 1.77. The molecular weight excluding hydrogens is 212 g/mol. The highest BCUT2D eigenvalue weighted by atomic mass is 16.1.